The number of hydrogen-bond acceptors (Lipinski definition) is 4. The van der Waals surface area contributed by atoms with Gasteiger partial charge in [0.1, 0.15) is 0 Å². The topological polar surface area (TPSA) is 58.6 Å². The highest BCUT2D eigenvalue weighted by Gasteiger charge is 2.42. The summed E-state index contributed by atoms with van der Waals surface area (Å²) >= 11 is 5.93. The van der Waals surface area contributed by atoms with E-state index >= 15 is 0 Å². The number of morpholine rings is 1. The second-order valence-corrected chi connectivity index (χ2v) is 9.20. The minimum Gasteiger partial charge on any atom is -0.371 e. The highest BCUT2D eigenvalue weighted by atomic mass is 35.5. The van der Waals surface area contributed by atoms with Gasteiger partial charge in [-0.05, 0) is 37.0 Å². The zero-order valence-electron chi connectivity index (χ0n) is 12.8. The summed E-state index contributed by atoms with van der Waals surface area (Å²) in [6.07, 6.45) is 2.47. The van der Waals surface area contributed by atoms with Gasteiger partial charge < -0.3 is 4.74 Å². The lowest BCUT2D eigenvalue weighted by atomic mass is 10.1. The van der Waals surface area contributed by atoms with Crippen LogP contribution in [0, 0.1) is 0 Å². The monoisotopic (exact) mass is 356 g/mol. The van der Waals surface area contributed by atoms with Gasteiger partial charge in [0.05, 0.1) is 18.0 Å². The van der Waals surface area contributed by atoms with Crippen LogP contribution in [-0.2, 0) is 14.8 Å². The molecule has 3 aliphatic rings. The van der Waals surface area contributed by atoms with Crippen LogP contribution >= 0.6 is 11.6 Å². The lowest BCUT2D eigenvalue weighted by Gasteiger charge is -2.35. The molecule has 2 saturated heterocycles. The van der Waals surface area contributed by atoms with Crippen LogP contribution in [0.25, 0.3) is 0 Å². The van der Waals surface area contributed by atoms with E-state index < -0.39 is 10.0 Å². The number of fused-ring (bicyclic) bond motifs is 1. The molecule has 126 valence electrons. The molecule has 23 heavy (non-hydrogen) atoms. The first-order chi connectivity index (χ1) is 11.0. The van der Waals surface area contributed by atoms with Gasteiger partial charge in [-0.15, -0.1) is 0 Å². The molecule has 1 aliphatic carbocycles. The summed E-state index contributed by atoms with van der Waals surface area (Å²) in [6, 6.07) is 8.07. The molecule has 0 radical (unpaired) electrons. The van der Waals surface area contributed by atoms with Gasteiger partial charge in [-0.1, -0.05) is 23.7 Å². The molecule has 3 fully saturated rings. The molecule has 0 amide bonds. The molecule has 1 aromatic rings. The van der Waals surface area contributed by atoms with Gasteiger partial charge in [0.15, 0.2) is 0 Å². The molecule has 5 nitrogen and oxygen atoms in total. The molecule has 1 N–H and O–H groups in total. The fraction of sp³-hybridized carbons (Fsp3) is 0.625. The standard InChI is InChI=1S/C16H21ClN2O3S/c17-12-3-1-11(2-4-12)16-9-19-8-13(7-14(19)10-22-16)18-23(20,21)15-5-6-15/h1-4,13-16,18H,5-10H2/t13-,14-,16+/m0/s1. The van der Waals surface area contributed by atoms with E-state index in [2.05, 4.69) is 9.62 Å². The first kappa shape index (κ1) is 15.8. The summed E-state index contributed by atoms with van der Waals surface area (Å²) in [5.41, 5.74) is 1.12. The van der Waals surface area contributed by atoms with Crippen LogP contribution in [-0.4, -0.2) is 50.3 Å². The molecule has 1 saturated carbocycles. The molecule has 0 bridgehead atoms. The molecule has 0 spiro atoms. The van der Waals surface area contributed by atoms with E-state index in [4.69, 9.17) is 16.3 Å². The van der Waals surface area contributed by atoms with Crippen molar-refractivity contribution in [2.24, 2.45) is 0 Å². The largest absolute Gasteiger partial charge is 0.371 e. The Morgan fingerprint density at radius 3 is 2.61 bits per heavy atom. The molecule has 2 aliphatic heterocycles. The Morgan fingerprint density at radius 2 is 1.91 bits per heavy atom. The molecular formula is C16H21ClN2O3S. The summed E-state index contributed by atoms with van der Waals surface area (Å²) in [5, 5.41) is 0.566. The maximum Gasteiger partial charge on any atom is 0.214 e. The summed E-state index contributed by atoms with van der Waals surface area (Å²) in [5.74, 6) is 0. The predicted octanol–water partition coefficient (Wildman–Crippen LogP) is 1.94. The van der Waals surface area contributed by atoms with Crippen molar-refractivity contribution in [3.63, 3.8) is 0 Å². The normalized spacial score (nSPS) is 32.0. The lowest BCUT2D eigenvalue weighted by Crippen LogP contribution is -2.43. The highest BCUT2D eigenvalue weighted by molar-refractivity contribution is 7.90. The first-order valence-corrected chi connectivity index (χ1v) is 10.1. The van der Waals surface area contributed by atoms with Crippen molar-refractivity contribution in [2.45, 2.75) is 42.7 Å². The molecule has 3 atom stereocenters. The molecule has 0 unspecified atom stereocenters. The van der Waals surface area contributed by atoms with Crippen molar-refractivity contribution in [1.29, 1.82) is 0 Å². The van der Waals surface area contributed by atoms with Crippen molar-refractivity contribution in [3.8, 4) is 0 Å². The van der Waals surface area contributed by atoms with E-state index in [0.29, 0.717) is 12.6 Å². The Morgan fingerprint density at radius 1 is 1.17 bits per heavy atom. The van der Waals surface area contributed by atoms with Crippen molar-refractivity contribution in [3.05, 3.63) is 34.9 Å². The summed E-state index contributed by atoms with van der Waals surface area (Å²) in [7, 11) is -3.12. The number of sulfonamides is 1. The molecule has 7 heteroatoms. The number of rotatable bonds is 4. The molecule has 1 aromatic carbocycles. The van der Waals surface area contributed by atoms with Gasteiger partial charge in [-0.3, -0.25) is 4.90 Å². The SMILES string of the molecule is O=S(=O)(N[C@H]1C[C@H]2CO[C@@H](c3ccc(Cl)cc3)CN2C1)C1CC1. The first-order valence-electron chi connectivity index (χ1n) is 8.13. The zero-order valence-corrected chi connectivity index (χ0v) is 14.4. The summed E-state index contributed by atoms with van der Waals surface area (Å²) in [4.78, 5) is 2.35. The third kappa shape index (κ3) is 3.42. The summed E-state index contributed by atoms with van der Waals surface area (Å²) < 4.78 is 33.1. The smallest absolute Gasteiger partial charge is 0.214 e. The third-order valence-electron chi connectivity index (χ3n) is 4.95. The molecule has 4 rings (SSSR count). The van der Waals surface area contributed by atoms with Gasteiger partial charge >= 0.3 is 0 Å². The zero-order chi connectivity index (χ0) is 16.0. The van der Waals surface area contributed by atoms with E-state index in [9.17, 15) is 8.42 Å². The highest BCUT2D eigenvalue weighted by Crippen LogP contribution is 2.32. The number of nitrogens with one attached hydrogen (secondary N) is 1. The summed E-state index contributed by atoms with van der Waals surface area (Å²) in [6.45, 7) is 2.22. The van der Waals surface area contributed by atoms with Crippen LogP contribution in [0.2, 0.25) is 5.02 Å². The minimum atomic E-state index is -3.12. The number of halogens is 1. The Balaban J connectivity index is 1.39. The van der Waals surface area contributed by atoms with Crippen molar-refractivity contribution < 1.29 is 13.2 Å². The Kier molecular flexibility index (Phi) is 4.14. The Hall–Kier alpha value is -0.660. The van der Waals surface area contributed by atoms with Crippen molar-refractivity contribution in [1.82, 2.24) is 9.62 Å². The Labute approximate surface area is 142 Å². The fourth-order valence-electron chi connectivity index (χ4n) is 3.55. The van der Waals surface area contributed by atoms with Crippen LogP contribution in [0.4, 0.5) is 0 Å². The molecule has 2 heterocycles. The average molecular weight is 357 g/mol. The van der Waals surface area contributed by atoms with Crippen LogP contribution in [0.3, 0.4) is 0 Å². The third-order valence-corrected chi connectivity index (χ3v) is 7.22. The average Bonchev–Trinajstić information content (AvgIpc) is 3.29. The fourth-order valence-corrected chi connectivity index (χ4v) is 5.26. The van der Waals surface area contributed by atoms with Crippen LogP contribution in [0.1, 0.15) is 30.9 Å². The van der Waals surface area contributed by atoms with Crippen molar-refractivity contribution in [2.75, 3.05) is 19.7 Å². The van der Waals surface area contributed by atoms with Gasteiger partial charge in [-0.25, -0.2) is 13.1 Å². The van der Waals surface area contributed by atoms with E-state index in [0.717, 1.165) is 42.9 Å². The van der Waals surface area contributed by atoms with Gasteiger partial charge in [0.25, 0.3) is 0 Å². The van der Waals surface area contributed by atoms with E-state index in [1.807, 2.05) is 24.3 Å². The van der Waals surface area contributed by atoms with E-state index in [-0.39, 0.29) is 17.4 Å². The Bertz CT molecular complexity index is 675. The number of benzene rings is 1. The van der Waals surface area contributed by atoms with Crippen LogP contribution in [0.5, 0.6) is 0 Å². The molecule has 0 aromatic heterocycles. The maximum absolute atomic E-state index is 12.1. The second kappa shape index (κ2) is 6.01. The van der Waals surface area contributed by atoms with E-state index in [1.165, 1.54) is 0 Å². The molecular weight excluding hydrogens is 336 g/mol. The van der Waals surface area contributed by atoms with Crippen molar-refractivity contribution >= 4 is 21.6 Å². The maximum atomic E-state index is 12.1. The number of ether oxygens (including phenoxy) is 1. The lowest BCUT2D eigenvalue weighted by molar-refractivity contribution is -0.0502. The number of hydrogen-bond donors (Lipinski definition) is 1. The van der Waals surface area contributed by atoms with Gasteiger partial charge in [0, 0.05) is 30.2 Å². The van der Waals surface area contributed by atoms with Gasteiger partial charge in [0.2, 0.25) is 10.0 Å². The van der Waals surface area contributed by atoms with Gasteiger partial charge in [-0.2, -0.15) is 0 Å². The van der Waals surface area contributed by atoms with Crippen LogP contribution in [0.15, 0.2) is 24.3 Å². The number of nitrogens with zero attached hydrogens (tertiary/aromatic N) is 1. The minimum absolute atomic E-state index is 0.0122. The quantitative estimate of drug-likeness (QED) is 0.895. The van der Waals surface area contributed by atoms with Crippen LogP contribution < -0.4 is 4.72 Å². The van der Waals surface area contributed by atoms with E-state index in [1.54, 1.807) is 0 Å². The second-order valence-electron chi connectivity index (χ2n) is 6.78. The predicted molar refractivity (Wildman–Crippen MR) is 89.0 cm³/mol.